The van der Waals surface area contributed by atoms with Crippen LogP contribution in [0.4, 0.5) is 0 Å². The summed E-state index contributed by atoms with van der Waals surface area (Å²) in [5.41, 5.74) is 8.34. The van der Waals surface area contributed by atoms with E-state index in [0.29, 0.717) is 0 Å². The predicted molar refractivity (Wildman–Crippen MR) is 221 cm³/mol. The minimum atomic E-state index is -0.0431. The Hall–Kier alpha value is -5.88. The van der Waals surface area contributed by atoms with Gasteiger partial charge in [0.1, 0.15) is 34.5 Å². The summed E-state index contributed by atoms with van der Waals surface area (Å²) < 4.78 is 30.3. The van der Waals surface area contributed by atoms with Crippen LogP contribution in [0.3, 0.4) is 0 Å². The number of fused-ring (bicyclic) bond motifs is 3. The summed E-state index contributed by atoms with van der Waals surface area (Å²) in [4.78, 5) is 0. The van der Waals surface area contributed by atoms with E-state index in [9.17, 15) is 0 Å². The minimum Gasteiger partial charge on any atom is -0.497 e. The van der Waals surface area contributed by atoms with Crippen LogP contribution in [0.25, 0.3) is 11.1 Å². The first-order valence-corrected chi connectivity index (χ1v) is 17.9. The van der Waals surface area contributed by atoms with Crippen LogP contribution >= 0.6 is 0 Å². The van der Waals surface area contributed by atoms with E-state index in [0.717, 1.165) is 34.5 Å². The van der Waals surface area contributed by atoms with Gasteiger partial charge in [0.2, 0.25) is 0 Å². The van der Waals surface area contributed by atoms with E-state index in [1.165, 1.54) is 33.4 Å². The largest absolute Gasteiger partial charge is 0.497 e. The van der Waals surface area contributed by atoms with Crippen molar-refractivity contribution in [1.29, 1.82) is 0 Å². The third-order valence-electron chi connectivity index (χ3n) is 9.69. The standard InChI is InChI=1S/C17H20O2.C15H14.2C8H10O2/c1-17(2,13-5-9-15(18-3)10-6-13)14-7-11-16(19-4)12-8-14;1-15(2)13-9-5-3-7-11(13)12-8-4-6-10-14(12)15;1-9-7-3-5-8(10-2)6-4-7;1-9-7-4-3-5-8(6-7)10-2/h5-12H,1-4H3;3-10H,1-2H3;2*3-6H,1-2H3. The normalized spacial score (nSPS) is 11.7. The second-order valence-corrected chi connectivity index (χ2v) is 13.6. The van der Waals surface area contributed by atoms with Crippen LogP contribution in [0.2, 0.25) is 0 Å². The fraction of sp³-hybridized carbons (Fsp3) is 0.250. The molecule has 0 radical (unpaired) electrons. The Kier molecular flexibility index (Phi) is 14.6. The molecule has 0 spiro atoms. The lowest BCUT2D eigenvalue weighted by atomic mass is 9.78. The Labute approximate surface area is 322 Å². The van der Waals surface area contributed by atoms with Crippen LogP contribution < -0.4 is 28.4 Å². The number of rotatable bonds is 8. The van der Waals surface area contributed by atoms with E-state index in [1.54, 1.807) is 42.7 Å². The van der Waals surface area contributed by atoms with Gasteiger partial charge in [-0.15, -0.1) is 0 Å². The second kappa shape index (κ2) is 19.3. The average Bonchev–Trinajstić information content (AvgIpc) is 3.47. The van der Waals surface area contributed by atoms with Crippen LogP contribution in [-0.2, 0) is 10.8 Å². The van der Waals surface area contributed by atoms with Crippen LogP contribution in [0.5, 0.6) is 34.5 Å². The van der Waals surface area contributed by atoms with Gasteiger partial charge in [0.05, 0.1) is 42.7 Å². The first-order chi connectivity index (χ1) is 26.0. The van der Waals surface area contributed by atoms with E-state index >= 15 is 0 Å². The van der Waals surface area contributed by atoms with Crippen molar-refractivity contribution in [3.05, 3.63) is 168 Å². The van der Waals surface area contributed by atoms with E-state index in [-0.39, 0.29) is 10.8 Å². The number of ether oxygens (including phenoxy) is 6. The molecule has 6 aromatic carbocycles. The van der Waals surface area contributed by atoms with Crippen molar-refractivity contribution >= 4 is 0 Å². The van der Waals surface area contributed by atoms with E-state index in [2.05, 4.69) is 100 Å². The Morgan fingerprint density at radius 1 is 0.352 bits per heavy atom. The summed E-state index contributed by atoms with van der Waals surface area (Å²) in [5, 5.41) is 0. The van der Waals surface area contributed by atoms with Crippen LogP contribution in [-0.4, -0.2) is 42.7 Å². The Balaban J connectivity index is 0.000000167. The average molecular weight is 727 g/mol. The highest BCUT2D eigenvalue weighted by molar-refractivity contribution is 5.80. The van der Waals surface area contributed by atoms with Crippen molar-refractivity contribution in [1.82, 2.24) is 0 Å². The third-order valence-corrected chi connectivity index (χ3v) is 9.69. The number of hydrogen-bond donors (Lipinski definition) is 0. The molecule has 282 valence electrons. The van der Waals surface area contributed by atoms with Crippen LogP contribution in [0, 0.1) is 0 Å². The third kappa shape index (κ3) is 10.2. The summed E-state index contributed by atoms with van der Waals surface area (Å²) >= 11 is 0. The van der Waals surface area contributed by atoms with Crippen molar-refractivity contribution < 1.29 is 28.4 Å². The Morgan fingerprint density at radius 2 is 0.648 bits per heavy atom. The molecular formula is C48H54O6. The van der Waals surface area contributed by atoms with Gasteiger partial charge in [-0.25, -0.2) is 0 Å². The zero-order chi connectivity index (χ0) is 39.1. The van der Waals surface area contributed by atoms with Gasteiger partial charge in [0, 0.05) is 16.9 Å². The molecule has 0 saturated heterocycles. The molecule has 6 aromatic rings. The van der Waals surface area contributed by atoms with Crippen molar-refractivity contribution in [2.24, 2.45) is 0 Å². The van der Waals surface area contributed by atoms with Gasteiger partial charge in [-0.3, -0.25) is 0 Å². The SMILES string of the molecule is CC1(C)c2ccccc2-c2ccccc21.COc1ccc(C(C)(C)c2ccc(OC)cc2)cc1.COc1ccc(OC)cc1.COc1cccc(OC)c1. The lowest BCUT2D eigenvalue weighted by molar-refractivity contribution is 0.394. The summed E-state index contributed by atoms with van der Waals surface area (Å²) in [6.07, 6.45) is 0. The maximum Gasteiger partial charge on any atom is 0.122 e. The highest BCUT2D eigenvalue weighted by atomic mass is 16.5. The van der Waals surface area contributed by atoms with E-state index in [1.807, 2.05) is 72.8 Å². The molecule has 6 nitrogen and oxygen atoms in total. The first-order valence-electron chi connectivity index (χ1n) is 17.9. The molecular weight excluding hydrogens is 673 g/mol. The van der Waals surface area contributed by atoms with Crippen molar-refractivity contribution in [3.8, 4) is 45.6 Å². The zero-order valence-electron chi connectivity index (χ0n) is 33.3. The minimum absolute atomic E-state index is 0.0431. The zero-order valence-corrected chi connectivity index (χ0v) is 33.3. The van der Waals surface area contributed by atoms with Crippen molar-refractivity contribution in [2.45, 2.75) is 38.5 Å². The maximum atomic E-state index is 5.20. The van der Waals surface area contributed by atoms with Gasteiger partial charge < -0.3 is 28.4 Å². The fourth-order valence-electron chi connectivity index (χ4n) is 6.29. The predicted octanol–water partition coefficient (Wildman–Crippen LogP) is 11.4. The van der Waals surface area contributed by atoms with Crippen molar-refractivity contribution in [3.63, 3.8) is 0 Å². The van der Waals surface area contributed by atoms with Crippen LogP contribution in [0.1, 0.15) is 49.9 Å². The quantitative estimate of drug-likeness (QED) is 0.156. The van der Waals surface area contributed by atoms with Gasteiger partial charge in [-0.2, -0.15) is 0 Å². The molecule has 1 aliphatic rings. The highest BCUT2D eigenvalue weighted by Gasteiger charge is 2.34. The molecule has 0 aliphatic heterocycles. The van der Waals surface area contributed by atoms with Gasteiger partial charge >= 0.3 is 0 Å². The molecule has 0 aromatic heterocycles. The van der Waals surface area contributed by atoms with E-state index in [4.69, 9.17) is 28.4 Å². The molecule has 0 fully saturated rings. The molecule has 6 heteroatoms. The Bertz CT molecular complexity index is 1870. The fourth-order valence-corrected chi connectivity index (χ4v) is 6.29. The van der Waals surface area contributed by atoms with Gasteiger partial charge in [0.15, 0.2) is 0 Å². The lowest BCUT2D eigenvalue weighted by Crippen LogP contribution is -2.18. The second-order valence-electron chi connectivity index (χ2n) is 13.6. The molecule has 0 saturated carbocycles. The monoisotopic (exact) mass is 726 g/mol. The molecule has 0 atom stereocenters. The topological polar surface area (TPSA) is 55.4 Å². The molecule has 0 unspecified atom stereocenters. The maximum absolute atomic E-state index is 5.20. The molecule has 0 amide bonds. The summed E-state index contributed by atoms with van der Waals surface area (Å²) in [5.74, 6) is 5.10. The van der Waals surface area contributed by atoms with Gasteiger partial charge in [-0.05, 0) is 94.0 Å². The summed E-state index contributed by atoms with van der Waals surface area (Å²) in [6.45, 7) is 9.04. The smallest absolute Gasteiger partial charge is 0.122 e. The van der Waals surface area contributed by atoms with Gasteiger partial charge in [0.25, 0.3) is 0 Å². The highest BCUT2D eigenvalue weighted by Crippen LogP contribution is 2.48. The summed E-state index contributed by atoms with van der Waals surface area (Å²) in [7, 11) is 9.92. The van der Waals surface area contributed by atoms with Crippen LogP contribution in [0.15, 0.2) is 146 Å². The molecule has 1 aliphatic carbocycles. The van der Waals surface area contributed by atoms with E-state index < -0.39 is 0 Å². The number of benzene rings is 6. The molecule has 7 rings (SSSR count). The van der Waals surface area contributed by atoms with Gasteiger partial charge in [-0.1, -0.05) is 107 Å². The first kappa shape index (κ1) is 40.9. The number of hydrogen-bond acceptors (Lipinski definition) is 6. The Morgan fingerprint density at radius 3 is 0.963 bits per heavy atom. The molecule has 54 heavy (non-hydrogen) atoms. The molecule has 0 heterocycles. The van der Waals surface area contributed by atoms with Crippen molar-refractivity contribution in [2.75, 3.05) is 42.7 Å². The molecule has 0 bridgehead atoms. The lowest BCUT2D eigenvalue weighted by Gasteiger charge is -2.26. The molecule has 0 N–H and O–H groups in total. The number of methoxy groups -OCH3 is 6. The summed E-state index contributed by atoms with van der Waals surface area (Å²) in [6, 6.07) is 48.8.